The first kappa shape index (κ1) is 15.8. The number of rotatable bonds is 2. The summed E-state index contributed by atoms with van der Waals surface area (Å²) in [5.41, 5.74) is 9.43. The third-order valence-corrected chi connectivity index (χ3v) is 3.63. The molecule has 0 saturated carbocycles. The Morgan fingerprint density at radius 1 is 1.38 bits per heavy atom. The SMILES string of the molecule is CN1CCN(NC(=O)c2ccc(C#CCN)c(Cl)c2)CC1. The summed E-state index contributed by atoms with van der Waals surface area (Å²) in [5, 5.41) is 2.39. The number of nitrogens with zero attached hydrogens (tertiary/aromatic N) is 2. The van der Waals surface area contributed by atoms with Crippen LogP contribution in [0.1, 0.15) is 15.9 Å². The van der Waals surface area contributed by atoms with Gasteiger partial charge in [-0.15, -0.1) is 0 Å². The number of carbonyl (C=O) groups is 1. The van der Waals surface area contributed by atoms with Gasteiger partial charge in [-0.25, -0.2) is 5.01 Å². The standard InChI is InChI=1S/C15H19ClN4O/c1-19-7-9-20(10-8-19)18-15(21)13-5-4-12(3-2-6-17)14(16)11-13/h4-5,11H,6-10,17H2,1H3,(H,18,21). The molecule has 0 bridgehead atoms. The molecule has 1 aliphatic rings. The second-order valence-corrected chi connectivity index (χ2v) is 5.34. The normalized spacial score (nSPS) is 16.1. The molecule has 1 fully saturated rings. The van der Waals surface area contributed by atoms with Crippen molar-refractivity contribution in [2.45, 2.75) is 0 Å². The summed E-state index contributed by atoms with van der Waals surface area (Å²) in [6.07, 6.45) is 0. The van der Waals surface area contributed by atoms with E-state index < -0.39 is 0 Å². The summed E-state index contributed by atoms with van der Waals surface area (Å²) in [7, 11) is 2.07. The maximum absolute atomic E-state index is 12.2. The molecule has 2 rings (SSSR count). The molecule has 0 spiro atoms. The predicted molar refractivity (Wildman–Crippen MR) is 83.9 cm³/mol. The minimum absolute atomic E-state index is 0.153. The van der Waals surface area contributed by atoms with E-state index in [2.05, 4.69) is 29.2 Å². The lowest BCUT2D eigenvalue weighted by molar-refractivity contribution is 0.0662. The minimum atomic E-state index is -0.153. The van der Waals surface area contributed by atoms with E-state index in [0.717, 1.165) is 26.2 Å². The Morgan fingerprint density at radius 3 is 2.71 bits per heavy atom. The van der Waals surface area contributed by atoms with Gasteiger partial charge >= 0.3 is 0 Å². The lowest BCUT2D eigenvalue weighted by Crippen LogP contribution is -2.52. The molecule has 0 aromatic heterocycles. The molecule has 0 atom stereocenters. The maximum atomic E-state index is 12.2. The molecular formula is C15H19ClN4O. The highest BCUT2D eigenvalue weighted by Crippen LogP contribution is 2.17. The molecule has 3 N–H and O–H groups in total. The van der Waals surface area contributed by atoms with Gasteiger partial charge in [0.1, 0.15) is 0 Å². The summed E-state index contributed by atoms with van der Waals surface area (Å²) in [4.78, 5) is 14.4. The Kier molecular flexibility index (Phi) is 5.59. The molecule has 0 unspecified atom stereocenters. The Bertz CT molecular complexity index is 571. The van der Waals surface area contributed by atoms with Crippen LogP contribution in [0.3, 0.4) is 0 Å². The van der Waals surface area contributed by atoms with Gasteiger partial charge in [0.15, 0.2) is 0 Å². The van der Waals surface area contributed by atoms with Crippen molar-refractivity contribution in [2.24, 2.45) is 5.73 Å². The van der Waals surface area contributed by atoms with Crippen molar-refractivity contribution in [1.29, 1.82) is 0 Å². The van der Waals surface area contributed by atoms with Crippen LogP contribution in [0.4, 0.5) is 0 Å². The van der Waals surface area contributed by atoms with Gasteiger partial charge in [-0.3, -0.25) is 10.2 Å². The minimum Gasteiger partial charge on any atom is -0.320 e. The third kappa shape index (κ3) is 4.45. The Morgan fingerprint density at radius 2 is 2.10 bits per heavy atom. The van der Waals surface area contributed by atoms with Crippen LogP contribution < -0.4 is 11.2 Å². The number of nitrogens with one attached hydrogen (secondary N) is 1. The zero-order valence-electron chi connectivity index (χ0n) is 12.0. The van der Waals surface area contributed by atoms with Gasteiger partial charge in [-0.1, -0.05) is 23.4 Å². The molecular weight excluding hydrogens is 288 g/mol. The Balaban J connectivity index is 2.01. The van der Waals surface area contributed by atoms with E-state index in [0.29, 0.717) is 16.1 Å². The molecule has 21 heavy (non-hydrogen) atoms. The largest absolute Gasteiger partial charge is 0.320 e. The van der Waals surface area contributed by atoms with Crippen molar-refractivity contribution in [3.63, 3.8) is 0 Å². The third-order valence-electron chi connectivity index (χ3n) is 3.32. The molecule has 112 valence electrons. The summed E-state index contributed by atoms with van der Waals surface area (Å²) in [5.74, 6) is 5.46. The van der Waals surface area contributed by atoms with Crippen molar-refractivity contribution in [1.82, 2.24) is 15.3 Å². The molecule has 0 aliphatic carbocycles. The first-order valence-corrected chi connectivity index (χ1v) is 7.21. The molecule has 6 heteroatoms. The van der Waals surface area contributed by atoms with E-state index in [-0.39, 0.29) is 12.5 Å². The number of hydrogen-bond donors (Lipinski definition) is 2. The second-order valence-electron chi connectivity index (χ2n) is 4.93. The van der Waals surface area contributed by atoms with Gasteiger partial charge < -0.3 is 10.6 Å². The summed E-state index contributed by atoms with van der Waals surface area (Å²) in [6, 6.07) is 5.09. The quantitative estimate of drug-likeness (QED) is 0.783. The monoisotopic (exact) mass is 306 g/mol. The lowest BCUT2D eigenvalue weighted by atomic mass is 10.1. The summed E-state index contributed by atoms with van der Waals surface area (Å²) < 4.78 is 0. The zero-order valence-corrected chi connectivity index (χ0v) is 12.8. The first-order chi connectivity index (χ1) is 10.1. The van der Waals surface area contributed by atoms with Crippen LogP contribution in [0.2, 0.25) is 5.02 Å². The number of carbonyl (C=O) groups excluding carboxylic acids is 1. The van der Waals surface area contributed by atoms with Crippen molar-refractivity contribution in [3.8, 4) is 11.8 Å². The van der Waals surface area contributed by atoms with E-state index in [9.17, 15) is 4.79 Å². The summed E-state index contributed by atoms with van der Waals surface area (Å²) in [6.45, 7) is 3.79. The van der Waals surface area contributed by atoms with Crippen LogP contribution in [-0.2, 0) is 0 Å². The molecule has 0 radical (unpaired) electrons. The van der Waals surface area contributed by atoms with Crippen LogP contribution in [0.25, 0.3) is 0 Å². The van der Waals surface area contributed by atoms with Crippen LogP contribution >= 0.6 is 11.6 Å². The van der Waals surface area contributed by atoms with E-state index in [1.54, 1.807) is 18.2 Å². The molecule has 1 amide bonds. The van der Waals surface area contributed by atoms with E-state index in [4.69, 9.17) is 17.3 Å². The molecule has 1 aromatic carbocycles. The molecule has 1 saturated heterocycles. The fourth-order valence-electron chi connectivity index (χ4n) is 2.03. The maximum Gasteiger partial charge on any atom is 0.265 e. The number of likely N-dealkylation sites (N-methyl/N-ethyl adjacent to an activating group) is 1. The average molecular weight is 307 g/mol. The van der Waals surface area contributed by atoms with Crippen molar-refractivity contribution in [2.75, 3.05) is 39.8 Å². The number of halogens is 1. The van der Waals surface area contributed by atoms with Crippen LogP contribution in [-0.4, -0.2) is 55.6 Å². The van der Waals surface area contributed by atoms with Gasteiger partial charge in [0, 0.05) is 37.3 Å². The average Bonchev–Trinajstić information content (AvgIpc) is 2.48. The highest BCUT2D eigenvalue weighted by Gasteiger charge is 2.16. The van der Waals surface area contributed by atoms with Crippen LogP contribution in [0.5, 0.6) is 0 Å². The summed E-state index contributed by atoms with van der Waals surface area (Å²) >= 11 is 6.13. The smallest absolute Gasteiger partial charge is 0.265 e. The number of hydrogen-bond acceptors (Lipinski definition) is 4. The van der Waals surface area contributed by atoms with Gasteiger partial charge in [0.25, 0.3) is 5.91 Å². The Labute approximate surface area is 130 Å². The van der Waals surface area contributed by atoms with E-state index in [1.807, 2.05) is 5.01 Å². The number of benzene rings is 1. The predicted octanol–water partition coefficient (Wildman–Crippen LogP) is 0.542. The van der Waals surface area contributed by atoms with Gasteiger partial charge in [0.05, 0.1) is 11.6 Å². The van der Waals surface area contributed by atoms with E-state index in [1.165, 1.54) is 0 Å². The number of nitrogens with two attached hydrogens (primary N) is 1. The van der Waals surface area contributed by atoms with Gasteiger partial charge in [0.2, 0.25) is 0 Å². The second kappa shape index (κ2) is 7.43. The topological polar surface area (TPSA) is 61.6 Å². The van der Waals surface area contributed by atoms with E-state index >= 15 is 0 Å². The number of hydrazine groups is 1. The number of amides is 1. The Hall–Kier alpha value is -1.58. The fraction of sp³-hybridized carbons (Fsp3) is 0.400. The molecule has 1 aromatic rings. The lowest BCUT2D eigenvalue weighted by Gasteiger charge is -2.32. The van der Waals surface area contributed by atoms with Crippen molar-refractivity contribution >= 4 is 17.5 Å². The fourth-order valence-corrected chi connectivity index (χ4v) is 2.26. The van der Waals surface area contributed by atoms with Gasteiger partial charge in [-0.2, -0.15) is 0 Å². The first-order valence-electron chi connectivity index (χ1n) is 6.83. The van der Waals surface area contributed by atoms with Gasteiger partial charge in [-0.05, 0) is 25.2 Å². The molecule has 1 heterocycles. The van der Waals surface area contributed by atoms with Crippen LogP contribution in [0, 0.1) is 11.8 Å². The highest BCUT2D eigenvalue weighted by atomic mass is 35.5. The van der Waals surface area contributed by atoms with Crippen LogP contribution in [0.15, 0.2) is 18.2 Å². The molecule has 5 nitrogen and oxygen atoms in total. The van der Waals surface area contributed by atoms with Crippen molar-refractivity contribution < 1.29 is 4.79 Å². The number of piperazine rings is 1. The van der Waals surface area contributed by atoms with Crippen molar-refractivity contribution in [3.05, 3.63) is 34.3 Å². The zero-order chi connectivity index (χ0) is 15.2. The highest BCUT2D eigenvalue weighted by molar-refractivity contribution is 6.32. The molecule has 1 aliphatic heterocycles.